The highest BCUT2D eigenvalue weighted by Crippen LogP contribution is 2.16. The number of hydrogen-bond acceptors (Lipinski definition) is 3. The molecule has 5 nitrogen and oxygen atoms in total. The molecule has 2 rings (SSSR count). The Morgan fingerprint density at radius 1 is 1.30 bits per heavy atom. The molecular weight excluding hydrogens is 259 g/mol. The van der Waals surface area contributed by atoms with Crippen molar-refractivity contribution < 1.29 is 9.50 Å². The Hall–Kier alpha value is -1.82. The second-order valence-electron chi connectivity index (χ2n) is 5.00. The van der Waals surface area contributed by atoms with Crippen molar-refractivity contribution in [1.29, 1.82) is 0 Å². The van der Waals surface area contributed by atoms with Crippen LogP contribution in [0, 0.1) is 5.82 Å². The van der Waals surface area contributed by atoms with E-state index in [0.717, 1.165) is 31.9 Å². The number of aliphatic hydroxyl groups is 1. The van der Waals surface area contributed by atoms with E-state index in [4.69, 9.17) is 5.73 Å². The first-order valence-corrected chi connectivity index (χ1v) is 6.79. The van der Waals surface area contributed by atoms with Crippen molar-refractivity contribution in [2.24, 2.45) is 10.7 Å². The number of piperazine rings is 1. The van der Waals surface area contributed by atoms with Gasteiger partial charge in [-0.3, -0.25) is 4.99 Å². The fraction of sp³-hybridized carbons (Fsp3) is 0.500. The maximum Gasteiger partial charge on any atom is 0.191 e. The van der Waals surface area contributed by atoms with Crippen LogP contribution in [0.1, 0.15) is 6.92 Å². The van der Waals surface area contributed by atoms with Crippen LogP contribution in [0.15, 0.2) is 29.3 Å². The van der Waals surface area contributed by atoms with Crippen molar-refractivity contribution in [3.05, 3.63) is 30.1 Å². The van der Waals surface area contributed by atoms with E-state index < -0.39 is 6.10 Å². The molecule has 20 heavy (non-hydrogen) atoms. The van der Waals surface area contributed by atoms with E-state index in [1.165, 1.54) is 12.1 Å². The summed E-state index contributed by atoms with van der Waals surface area (Å²) >= 11 is 0. The standard InChI is InChI=1S/C14H21FN4O/c1-11(20)10-17-14(16)19-8-6-18(7-9-19)13-4-2-12(15)3-5-13/h2-5,11,20H,6-10H2,1H3,(H2,16,17). The number of guanidine groups is 1. The summed E-state index contributed by atoms with van der Waals surface area (Å²) in [6.07, 6.45) is -0.478. The first-order chi connectivity index (χ1) is 9.56. The predicted molar refractivity (Wildman–Crippen MR) is 78.4 cm³/mol. The monoisotopic (exact) mass is 280 g/mol. The average Bonchev–Trinajstić information content (AvgIpc) is 2.46. The fourth-order valence-electron chi connectivity index (χ4n) is 2.17. The van der Waals surface area contributed by atoms with E-state index in [-0.39, 0.29) is 5.82 Å². The van der Waals surface area contributed by atoms with Gasteiger partial charge in [-0.1, -0.05) is 0 Å². The third kappa shape index (κ3) is 3.84. The molecule has 0 bridgehead atoms. The summed E-state index contributed by atoms with van der Waals surface area (Å²) < 4.78 is 12.9. The van der Waals surface area contributed by atoms with Gasteiger partial charge in [-0.25, -0.2) is 4.39 Å². The lowest BCUT2D eigenvalue weighted by molar-refractivity contribution is 0.203. The molecule has 6 heteroatoms. The van der Waals surface area contributed by atoms with Crippen molar-refractivity contribution in [1.82, 2.24) is 4.90 Å². The SMILES string of the molecule is CC(O)CN=C(N)N1CCN(c2ccc(F)cc2)CC1. The minimum absolute atomic E-state index is 0.220. The van der Waals surface area contributed by atoms with Crippen LogP contribution in [-0.4, -0.2) is 54.8 Å². The smallest absolute Gasteiger partial charge is 0.191 e. The molecule has 1 unspecified atom stereocenters. The minimum atomic E-state index is -0.478. The van der Waals surface area contributed by atoms with Gasteiger partial charge in [0.1, 0.15) is 5.82 Å². The van der Waals surface area contributed by atoms with Crippen molar-refractivity contribution in [2.45, 2.75) is 13.0 Å². The molecule has 1 aromatic carbocycles. The fourth-order valence-corrected chi connectivity index (χ4v) is 2.17. The Morgan fingerprint density at radius 2 is 1.90 bits per heavy atom. The van der Waals surface area contributed by atoms with Crippen LogP contribution in [-0.2, 0) is 0 Å². The minimum Gasteiger partial charge on any atom is -0.391 e. The molecule has 1 saturated heterocycles. The molecule has 0 amide bonds. The first kappa shape index (κ1) is 14.6. The van der Waals surface area contributed by atoms with Crippen LogP contribution in [0.4, 0.5) is 10.1 Å². The summed E-state index contributed by atoms with van der Waals surface area (Å²) in [7, 11) is 0. The Bertz CT molecular complexity index is 453. The molecule has 0 radical (unpaired) electrons. The molecular formula is C14H21FN4O. The van der Waals surface area contributed by atoms with Gasteiger partial charge in [0.25, 0.3) is 0 Å². The van der Waals surface area contributed by atoms with Crippen molar-refractivity contribution in [3.8, 4) is 0 Å². The van der Waals surface area contributed by atoms with Gasteiger partial charge in [0.2, 0.25) is 0 Å². The maximum atomic E-state index is 12.9. The van der Waals surface area contributed by atoms with Crippen LogP contribution in [0.25, 0.3) is 0 Å². The summed E-state index contributed by atoms with van der Waals surface area (Å²) in [4.78, 5) is 8.35. The largest absolute Gasteiger partial charge is 0.391 e. The molecule has 3 N–H and O–H groups in total. The van der Waals surface area contributed by atoms with E-state index >= 15 is 0 Å². The van der Waals surface area contributed by atoms with Gasteiger partial charge in [0.05, 0.1) is 12.6 Å². The molecule has 0 aliphatic carbocycles. The number of halogens is 1. The molecule has 1 aliphatic heterocycles. The van der Waals surface area contributed by atoms with Gasteiger partial charge in [-0.2, -0.15) is 0 Å². The van der Waals surface area contributed by atoms with Crippen LogP contribution >= 0.6 is 0 Å². The lowest BCUT2D eigenvalue weighted by Gasteiger charge is -2.36. The van der Waals surface area contributed by atoms with E-state index in [2.05, 4.69) is 9.89 Å². The summed E-state index contributed by atoms with van der Waals surface area (Å²) in [5, 5.41) is 9.19. The van der Waals surface area contributed by atoms with Crippen molar-refractivity contribution in [3.63, 3.8) is 0 Å². The van der Waals surface area contributed by atoms with Crippen molar-refractivity contribution in [2.75, 3.05) is 37.6 Å². The van der Waals surface area contributed by atoms with Crippen molar-refractivity contribution >= 4 is 11.6 Å². The first-order valence-electron chi connectivity index (χ1n) is 6.79. The quantitative estimate of drug-likeness (QED) is 0.630. The van der Waals surface area contributed by atoms with Gasteiger partial charge >= 0.3 is 0 Å². The molecule has 1 aromatic rings. The number of anilines is 1. The maximum absolute atomic E-state index is 12.9. The molecule has 0 aromatic heterocycles. The topological polar surface area (TPSA) is 65.1 Å². The van der Waals surface area contributed by atoms with Crippen LogP contribution in [0.5, 0.6) is 0 Å². The second kappa shape index (κ2) is 6.56. The highest BCUT2D eigenvalue weighted by Gasteiger charge is 2.18. The van der Waals surface area contributed by atoms with Gasteiger partial charge in [-0.05, 0) is 31.2 Å². The van der Waals surface area contributed by atoms with Gasteiger partial charge < -0.3 is 20.6 Å². The lowest BCUT2D eigenvalue weighted by atomic mass is 10.2. The number of rotatable bonds is 3. The van der Waals surface area contributed by atoms with Gasteiger partial charge in [0, 0.05) is 31.9 Å². The van der Waals surface area contributed by atoms with Crippen LogP contribution in [0.3, 0.4) is 0 Å². The zero-order valence-corrected chi connectivity index (χ0v) is 11.7. The van der Waals surface area contributed by atoms with Gasteiger partial charge in [-0.15, -0.1) is 0 Å². The average molecular weight is 280 g/mol. The third-order valence-corrected chi connectivity index (χ3v) is 3.31. The van der Waals surface area contributed by atoms with E-state index in [1.807, 2.05) is 4.90 Å². The Balaban J connectivity index is 1.89. The molecule has 1 aliphatic rings. The van der Waals surface area contributed by atoms with E-state index in [0.29, 0.717) is 12.5 Å². The normalized spacial score (nSPS) is 18.2. The number of nitrogens with zero attached hydrogens (tertiary/aromatic N) is 3. The van der Waals surface area contributed by atoms with E-state index in [1.54, 1.807) is 19.1 Å². The number of hydrogen-bond donors (Lipinski definition) is 2. The molecule has 0 saturated carbocycles. The molecule has 1 fully saturated rings. The highest BCUT2D eigenvalue weighted by atomic mass is 19.1. The Kier molecular flexibility index (Phi) is 4.79. The summed E-state index contributed by atoms with van der Waals surface area (Å²) in [6.45, 7) is 5.18. The lowest BCUT2D eigenvalue weighted by Crippen LogP contribution is -2.51. The molecule has 110 valence electrons. The Morgan fingerprint density at radius 3 is 2.45 bits per heavy atom. The zero-order chi connectivity index (χ0) is 14.5. The summed E-state index contributed by atoms with van der Waals surface area (Å²) in [6, 6.07) is 6.52. The number of aliphatic imine (C=N–C) groups is 1. The van der Waals surface area contributed by atoms with Crippen LogP contribution in [0.2, 0.25) is 0 Å². The number of aliphatic hydroxyl groups excluding tert-OH is 1. The second-order valence-corrected chi connectivity index (χ2v) is 5.00. The summed E-state index contributed by atoms with van der Waals surface area (Å²) in [5.74, 6) is 0.256. The van der Waals surface area contributed by atoms with Crippen LogP contribution < -0.4 is 10.6 Å². The Labute approximate surface area is 118 Å². The molecule has 1 heterocycles. The number of benzene rings is 1. The molecule has 1 atom stereocenters. The highest BCUT2D eigenvalue weighted by molar-refractivity contribution is 5.78. The zero-order valence-electron chi connectivity index (χ0n) is 11.7. The van der Waals surface area contributed by atoms with Gasteiger partial charge in [0.15, 0.2) is 5.96 Å². The third-order valence-electron chi connectivity index (χ3n) is 3.31. The van der Waals surface area contributed by atoms with E-state index in [9.17, 15) is 9.50 Å². The number of nitrogens with two attached hydrogens (primary N) is 1. The summed E-state index contributed by atoms with van der Waals surface area (Å²) in [5.41, 5.74) is 6.92. The predicted octanol–water partition coefficient (Wildman–Crippen LogP) is 0.643. The molecule has 0 spiro atoms.